The van der Waals surface area contributed by atoms with E-state index >= 15 is 0 Å². The summed E-state index contributed by atoms with van der Waals surface area (Å²) in [5, 5.41) is 31.9. The van der Waals surface area contributed by atoms with E-state index in [-0.39, 0.29) is 17.7 Å². The Labute approximate surface area is 116 Å². The molecule has 0 fully saturated rings. The lowest BCUT2D eigenvalue weighted by Crippen LogP contribution is -2.06. The van der Waals surface area contributed by atoms with Crippen LogP contribution in [0.3, 0.4) is 0 Å². The first-order chi connectivity index (χ1) is 9.92. The second kappa shape index (κ2) is 5.38. The van der Waals surface area contributed by atoms with Crippen molar-refractivity contribution in [3.8, 4) is 6.07 Å². The highest BCUT2D eigenvalue weighted by Gasteiger charge is 2.25. The summed E-state index contributed by atoms with van der Waals surface area (Å²) >= 11 is 0. The van der Waals surface area contributed by atoms with Gasteiger partial charge in [-0.15, -0.1) is 0 Å². The predicted molar refractivity (Wildman–Crippen MR) is 66.1 cm³/mol. The van der Waals surface area contributed by atoms with E-state index in [1.165, 1.54) is 12.1 Å². The zero-order chi connectivity index (χ0) is 15.6. The maximum Gasteiger partial charge on any atom is 0.363 e. The topological polar surface area (TPSA) is 122 Å². The molecule has 0 aliphatic heterocycles. The lowest BCUT2D eigenvalue weighted by molar-refractivity contribution is -0.385. The molecule has 8 nitrogen and oxygen atoms in total. The first-order valence-corrected chi connectivity index (χ1v) is 5.56. The fourth-order valence-corrected chi connectivity index (χ4v) is 1.72. The fraction of sp³-hybridized carbons (Fsp3) is 0.0833. The van der Waals surface area contributed by atoms with E-state index in [4.69, 9.17) is 10.4 Å². The number of rotatable bonds is 4. The number of hydrogen-bond donors (Lipinski definition) is 1. The summed E-state index contributed by atoms with van der Waals surface area (Å²) in [5.74, 6) is -2.17. The van der Waals surface area contributed by atoms with Crippen LogP contribution in [0.5, 0.6) is 0 Å². The molecule has 1 aromatic carbocycles. The van der Waals surface area contributed by atoms with Gasteiger partial charge in [0.2, 0.25) is 5.69 Å². The average Bonchev–Trinajstić information content (AvgIpc) is 2.85. The summed E-state index contributed by atoms with van der Waals surface area (Å²) in [6, 6.07) is 5.47. The van der Waals surface area contributed by atoms with E-state index in [2.05, 4.69) is 5.10 Å². The summed E-state index contributed by atoms with van der Waals surface area (Å²) in [4.78, 5) is 20.7. The van der Waals surface area contributed by atoms with Gasteiger partial charge in [0.05, 0.1) is 23.1 Å². The number of benzene rings is 1. The van der Waals surface area contributed by atoms with Crippen molar-refractivity contribution in [2.45, 2.75) is 6.54 Å². The van der Waals surface area contributed by atoms with Gasteiger partial charge in [0.25, 0.3) is 0 Å². The summed E-state index contributed by atoms with van der Waals surface area (Å²) in [6.07, 6.45) is 0.905. The molecule has 0 saturated carbocycles. The van der Waals surface area contributed by atoms with E-state index in [0.29, 0.717) is 0 Å². The smallest absolute Gasteiger partial charge is 0.363 e. The van der Waals surface area contributed by atoms with E-state index < -0.39 is 28.1 Å². The third-order valence-corrected chi connectivity index (χ3v) is 2.65. The van der Waals surface area contributed by atoms with Crippen molar-refractivity contribution in [2.75, 3.05) is 0 Å². The number of carbonyl (C=O) groups is 1. The van der Waals surface area contributed by atoms with Crippen LogP contribution < -0.4 is 0 Å². The third kappa shape index (κ3) is 2.84. The zero-order valence-corrected chi connectivity index (χ0v) is 10.4. The van der Waals surface area contributed by atoms with Crippen LogP contribution in [0, 0.1) is 27.3 Å². The Morgan fingerprint density at radius 3 is 2.81 bits per heavy atom. The van der Waals surface area contributed by atoms with Crippen LogP contribution in [0.1, 0.15) is 21.6 Å². The zero-order valence-electron chi connectivity index (χ0n) is 10.4. The van der Waals surface area contributed by atoms with Gasteiger partial charge in [-0.3, -0.25) is 14.8 Å². The highest BCUT2D eigenvalue weighted by Crippen LogP contribution is 2.18. The van der Waals surface area contributed by atoms with Crippen molar-refractivity contribution in [1.82, 2.24) is 9.78 Å². The van der Waals surface area contributed by atoms with Crippen molar-refractivity contribution in [3.05, 3.63) is 57.1 Å². The Kier molecular flexibility index (Phi) is 3.62. The minimum atomic E-state index is -1.55. The molecule has 0 unspecified atom stereocenters. The molecular formula is C12H7FN4O4. The quantitative estimate of drug-likeness (QED) is 0.673. The van der Waals surface area contributed by atoms with Gasteiger partial charge in [0, 0.05) is 5.56 Å². The largest absolute Gasteiger partial charge is 0.476 e. The SMILES string of the molecule is N#Cc1ccc(F)c(Cn2cc([N+](=O)[O-])c(C(=O)O)n2)c1. The number of nitrogens with zero attached hydrogens (tertiary/aromatic N) is 4. The minimum absolute atomic E-state index is 0.0726. The molecule has 1 heterocycles. The molecule has 2 aromatic rings. The van der Waals surface area contributed by atoms with E-state index in [1.807, 2.05) is 6.07 Å². The lowest BCUT2D eigenvalue weighted by atomic mass is 10.1. The molecular weight excluding hydrogens is 283 g/mol. The van der Waals surface area contributed by atoms with Crippen LogP contribution in [0.4, 0.5) is 10.1 Å². The van der Waals surface area contributed by atoms with Gasteiger partial charge in [0.1, 0.15) is 12.0 Å². The molecule has 0 aliphatic rings. The Hall–Kier alpha value is -3.28. The molecule has 106 valence electrons. The molecule has 2 rings (SSSR count). The molecule has 0 saturated heterocycles. The minimum Gasteiger partial charge on any atom is -0.476 e. The lowest BCUT2D eigenvalue weighted by Gasteiger charge is -2.03. The number of halogens is 1. The first kappa shape index (κ1) is 14.1. The van der Waals surface area contributed by atoms with Crippen LogP contribution in [0.15, 0.2) is 24.4 Å². The number of nitro groups is 1. The number of aromatic carboxylic acids is 1. The summed E-state index contributed by atoms with van der Waals surface area (Å²) in [7, 11) is 0. The van der Waals surface area contributed by atoms with Gasteiger partial charge >= 0.3 is 11.7 Å². The summed E-state index contributed by atoms with van der Waals surface area (Å²) in [5.41, 5.74) is -1.12. The van der Waals surface area contributed by atoms with Crippen molar-refractivity contribution < 1.29 is 19.2 Å². The standard InChI is InChI=1S/C12H7FN4O4/c13-9-2-1-7(4-14)3-8(9)5-16-6-10(17(20)21)11(15-16)12(18)19/h1-3,6H,5H2,(H,18,19). The van der Waals surface area contributed by atoms with E-state index in [9.17, 15) is 19.3 Å². The summed E-state index contributed by atoms with van der Waals surface area (Å²) < 4.78 is 14.6. The fourth-order valence-electron chi connectivity index (χ4n) is 1.72. The molecule has 1 N–H and O–H groups in total. The summed E-state index contributed by atoms with van der Waals surface area (Å²) in [6.45, 7) is -0.227. The van der Waals surface area contributed by atoms with Gasteiger partial charge in [-0.2, -0.15) is 10.4 Å². The number of hydrogen-bond acceptors (Lipinski definition) is 5. The molecule has 0 atom stereocenters. The van der Waals surface area contributed by atoms with Crippen molar-refractivity contribution in [3.63, 3.8) is 0 Å². The van der Waals surface area contributed by atoms with Crippen LogP contribution >= 0.6 is 0 Å². The maximum atomic E-state index is 13.6. The van der Waals surface area contributed by atoms with Crippen LogP contribution in [-0.4, -0.2) is 25.8 Å². The Morgan fingerprint density at radius 2 is 2.29 bits per heavy atom. The average molecular weight is 290 g/mol. The van der Waals surface area contributed by atoms with Crippen molar-refractivity contribution >= 4 is 11.7 Å². The molecule has 0 aliphatic carbocycles. The molecule has 9 heteroatoms. The first-order valence-electron chi connectivity index (χ1n) is 5.56. The number of aromatic nitrogens is 2. The highest BCUT2D eigenvalue weighted by molar-refractivity contribution is 5.89. The van der Waals surface area contributed by atoms with Crippen LogP contribution in [-0.2, 0) is 6.54 Å². The monoisotopic (exact) mass is 290 g/mol. The Balaban J connectivity index is 2.41. The van der Waals surface area contributed by atoms with Crippen LogP contribution in [0.2, 0.25) is 0 Å². The molecule has 0 radical (unpaired) electrons. The second-order valence-electron chi connectivity index (χ2n) is 4.04. The van der Waals surface area contributed by atoms with Crippen molar-refractivity contribution in [1.29, 1.82) is 5.26 Å². The number of carboxylic acids is 1. The number of carboxylic acid groups (broad SMARTS) is 1. The molecule has 0 spiro atoms. The number of nitriles is 1. The van der Waals surface area contributed by atoms with E-state index in [0.717, 1.165) is 16.9 Å². The van der Waals surface area contributed by atoms with Gasteiger partial charge in [-0.05, 0) is 18.2 Å². The molecule has 1 aromatic heterocycles. The van der Waals surface area contributed by atoms with Gasteiger partial charge < -0.3 is 5.11 Å². The Bertz CT molecular complexity index is 747. The van der Waals surface area contributed by atoms with E-state index in [1.54, 1.807) is 0 Å². The molecule has 0 amide bonds. The van der Waals surface area contributed by atoms with Crippen LogP contribution in [0.25, 0.3) is 0 Å². The van der Waals surface area contributed by atoms with Gasteiger partial charge in [0.15, 0.2) is 0 Å². The van der Waals surface area contributed by atoms with Crippen molar-refractivity contribution in [2.24, 2.45) is 0 Å². The second-order valence-corrected chi connectivity index (χ2v) is 4.04. The third-order valence-electron chi connectivity index (χ3n) is 2.65. The van der Waals surface area contributed by atoms with Gasteiger partial charge in [-0.25, -0.2) is 9.18 Å². The maximum absolute atomic E-state index is 13.6. The van der Waals surface area contributed by atoms with Gasteiger partial charge in [-0.1, -0.05) is 0 Å². The molecule has 0 bridgehead atoms. The Morgan fingerprint density at radius 1 is 1.57 bits per heavy atom. The normalized spacial score (nSPS) is 10.1. The highest BCUT2D eigenvalue weighted by atomic mass is 19.1. The predicted octanol–water partition coefficient (Wildman–Crippen LogP) is 1.55. The molecule has 21 heavy (non-hydrogen) atoms.